The third-order valence-corrected chi connectivity index (χ3v) is 2.71. The quantitative estimate of drug-likeness (QED) is 0.471. The van der Waals surface area contributed by atoms with Gasteiger partial charge in [0.2, 0.25) is 0 Å². The SMILES string of the molecule is O=[N+]([O-])c1cc(Br)ccc1C=CCCBr. The molecule has 1 aromatic carbocycles. The van der Waals surface area contributed by atoms with Gasteiger partial charge in [0.05, 0.1) is 10.5 Å². The van der Waals surface area contributed by atoms with Crippen molar-refractivity contribution in [3.05, 3.63) is 44.4 Å². The van der Waals surface area contributed by atoms with Crippen LogP contribution in [-0.4, -0.2) is 10.3 Å². The van der Waals surface area contributed by atoms with Crippen LogP contribution in [0.3, 0.4) is 0 Å². The van der Waals surface area contributed by atoms with E-state index in [-0.39, 0.29) is 10.6 Å². The predicted octanol–water partition coefficient (Wildman–Crippen LogP) is 4.16. The van der Waals surface area contributed by atoms with Crippen molar-refractivity contribution < 1.29 is 4.92 Å². The van der Waals surface area contributed by atoms with Crippen molar-refractivity contribution in [2.45, 2.75) is 6.42 Å². The number of nitro groups is 1. The summed E-state index contributed by atoms with van der Waals surface area (Å²) >= 11 is 6.50. The zero-order chi connectivity index (χ0) is 11.3. The van der Waals surface area contributed by atoms with Gasteiger partial charge in [-0.1, -0.05) is 44.0 Å². The number of nitrogens with zero attached hydrogens (tertiary/aromatic N) is 1. The van der Waals surface area contributed by atoms with E-state index in [0.29, 0.717) is 10.0 Å². The molecular weight excluding hydrogens is 326 g/mol. The number of hydrogen-bond donors (Lipinski definition) is 0. The first-order valence-corrected chi connectivity index (χ1v) is 6.23. The fraction of sp³-hybridized carbons (Fsp3) is 0.200. The number of benzene rings is 1. The molecule has 15 heavy (non-hydrogen) atoms. The Kier molecular flexibility index (Phi) is 4.98. The van der Waals surface area contributed by atoms with Gasteiger partial charge in [-0.25, -0.2) is 0 Å². The van der Waals surface area contributed by atoms with Crippen LogP contribution in [0.25, 0.3) is 6.08 Å². The number of nitro benzene ring substituents is 1. The molecule has 0 aliphatic rings. The average molecular weight is 335 g/mol. The van der Waals surface area contributed by atoms with E-state index in [4.69, 9.17) is 0 Å². The van der Waals surface area contributed by atoms with E-state index in [1.54, 1.807) is 18.2 Å². The summed E-state index contributed by atoms with van der Waals surface area (Å²) in [5.74, 6) is 0. The molecule has 0 amide bonds. The number of rotatable bonds is 4. The maximum atomic E-state index is 10.7. The van der Waals surface area contributed by atoms with E-state index in [2.05, 4.69) is 31.9 Å². The molecule has 1 aromatic rings. The minimum absolute atomic E-state index is 0.121. The van der Waals surface area contributed by atoms with Gasteiger partial charge in [0, 0.05) is 15.9 Å². The lowest BCUT2D eigenvalue weighted by atomic mass is 10.1. The smallest absolute Gasteiger partial charge is 0.258 e. The van der Waals surface area contributed by atoms with Crippen LogP contribution in [0, 0.1) is 10.1 Å². The van der Waals surface area contributed by atoms with Crippen LogP contribution in [0.1, 0.15) is 12.0 Å². The predicted molar refractivity (Wildman–Crippen MR) is 68.2 cm³/mol. The van der Waals surface area contributed by atoms with Gasteiger partial charge in [-0.15, -0.1) is 0 Å². The molecule has 0 saturated heterocycles. The molecule has 5 heteroatoms. The molecule has 0 saturated carbocycles. The first-order valence-electron chi connectivity index (χ1n) is 4.31. The fourth-order valence-electron chi connectivity index (χ4n) is 1.09. The zero-order valence-corrected chi connectivity index (χ0v) is 11.0. The van der Waals surface area contributed by atoms with Gasteiger partial charge < -0.3 is 0 Å². The van der Waals surface area contributed by atoms with E-state index in [1.165, 1.54) is 6.07 Å². The lowest BCUT2D eigenvalue weighted by Crippen LogP contribution is -1.91. The highest BCUT2D eigenvalue weighted by molar-refractivity contribution is 9.10. The normalized spacial score (nSPS) is 10.8. The molecule has 0 aliphatic heterocycles. The van der Waals surface area contributed by atoms with Crippen LogP contribution in [-0.2, 0) is 0 Å². The van der Waals surface area contributed by atoms with Crippen LogP contribution in [0.2, 0.25) is 0 Å². The lowest BCUT2D eigenvalue weighted by molar-refractivity contribution is -0.385. The van der Waals surface area contributed by atoms with E-state index >= 15 is 0 Å². The molecule has 0 heterocycles. The van der Waals surface area contributed by atoms with Gasteiger partial charge in [-0.2, -0.15) is 0 Å². The Morgan fingerprint density at radius 1 is 1.47 bits per heavy atom. The van der Waals surface area contributed by atoms with Crippen molar-refractivity contribution in [3.8, 4) is 0 Å². The Hall–Kier alpha value is -0.680. The standard InChI is InChI=1S/C10H9Br2NO2/c11-6-2-1-3-8-4-5-9(12)7-10(8)13(14)15/h1,3-5,7H,2,6H2. The van der Waals surface area contributed by atoms with E-state index in [0.717, 1.165) is 11.8 Å². The summed E-state index contributed by atoms with van der Waals surface area (Å²) in [5.41, 5.74) is 0.749. The Bertz CT molecular complexity index is 391. The van der Waals surface area contributed by atoms with E-state index < -0.39 is 0 Å². The summed E-state index contributed by atoms with van der Waals surface area (Å²) in [6, 6.07) is 5.03. The Morgan fingerprint density at radius 2 is 2.20 bits per heavy atom. The molecule has 0 N–H and O–H groups in total. The zero-order valence-electron chi connectivity index (χ0n) is 7.82. The van der Waals surface area contributed by atoms with Gasteiger partial charge in [-0.3, -0.25) is 10.1 Å². The van der Waals surface area contributed by atoms with Crippen molar-refractivity contribution in [1.82, 2.24) is 0 Å². The highest BCUT2D eigenvalue weighted by atomic mass is 79.9. The first-order chi connectivity index (χ1) is 7.15. The summed E-state index contributed by atoms with van der Waals surface area (Å²) in [4.78, 5) is 10.4. The van der Waals surface area contributed by atoms with Crippen molar-refractivity contribution >= 4 is 43.6 Å². The highest BCUT2D eigenvalue weighted by Gasteiger charge is 2.11. The van der Waals surface area contributed by atoms with Crippen molar-refractivity contribution in [2.75, 3.05) is 5.33 Å². The molecule has 0 radical (unpaired) electrons. The molecule has 80 valence electrons. The summed E-state index contributed by atoms with van der Waals surface area (Å²) in [6.45, 7) is 0. The minimum atomic E-state index is -0.376. The summed E-state index contributed by atoms with van der Waals surface area (Å²) < 4.78 is 0.715. The highest BCUT2D eigenvalue weighted by Crippen LogP contribution is 2.24. The molecule has 0 spiro atoms. The molecule has 0 unspecified atom stereocenters. The summed E-state index contributed by atoms with van der Waals surface area (Å²) in [5, 5.41) is 11.6. The molecule has 0 atom stereocenters. The lowest BCUT2D eigenvalue weighted by Gasteiger charge is -1.97. The number of alkyl halides is 1. The van der Waals surface area contributed by atoms with E-state index in [1.807, 2.05) is 6.08 Å². The first kappa shape index (κ1) is 12.4. The van der Waals surface area contributed by atoms with Crippen LogP contribution in [0.5, 0.6) is 0 Å². The van der Waals surface area contributed by atoms with Crippen LogP contribution >= 0.6 is 31.9 Å². The van der Waals surface area contributed by atoms with E-state index in [9.17, 15) is 10.1 Å². The summed E-state index contributed by atoms with van der Waals surface area (Å²) in [7, 11) is 0. The van der Waals surface area contributed by atoms with Crippen LogP contribution in [0.4, 0.5) is 5.69 Å². The second-order valence-corrected chi connectivity index (χ2v) is 4.55. The second kappa shape index (κ2) is 6.02. The molecule has 3 nitrogen and oxygen atoms in total. The molecule has 0 aliphatic carbocycles. The Labute approximate surface area is 105 Å². The van der Waals surface area contributed by atoms with Gasteiger partial charge in [0.1, 0.15) is 0 Å². The fourth-order valence-corrected chi connectivity index (χ4v) is 1.70. The molecule has 0 aromatic heterocycles. The molecule has 0 fully saturated rings. The molecule has 0 bridgehead atoms. The summed E-state index contributed by atoms with van der Waals surface area (Å²) in [6.07, 6.45) is 4.53. The van der Waals surface area contributed by atoms with Crippen LogP contribution < -0.4 is 0 Å². The Balaban J connectivity index is 3.01. The molecule has 1 rings (SSSR count). The van der Waals surface area contributed by atoms with Crippen molar-refractivity contribution in [2.24, 2.45) is 0 Å². The van der Waals surface area contributed by atoms with Gasteiger partial charge >= 0.3 is 0 Å². The molecular formula is C10H9Br2NO2. The number of allylic oxidation sites excluding steroid dienone is 1. The van der Waals surface area contributed by atoms with Crippen molar-refractivity contribution in [1.29, 1.82) is 0 Å². The average Bonchev–Trinajstić information content (AvgIpc) is 2.20. The maximum Gasteiger partial charge on any atom is 0.277 e. The van der Waals surface area contributed by atoms with Gasteiger partial charge in [0.15, 0.2) is 0 Å². The van der Waals surface area contributed by atoms with Crippen LogP contribution in [0.15, 0.2) is 28.7 Å². The van der Waals surface area contributed by atoms with Crippen molar-refractivity contribution in [3.63, 3.8) is 0 Å². The van der Waals surface area contributed by atoms with Gasteiger partial charge in [-0.05, 0) is 18.6 Å². The monoisotopic (exact) mass is 333 g/mol. The number of hydrogen-bond acceptors (Lipinski definition) is 2. The third-order valence-electron chi connectivity index (χ3n) is 1.76. The maximum absolute atomic E-state index is 10.7. The Morgan fingerprint density at radius 3 is 2.80 bits per heavy atom. The second-order valence-electron chi connectivity index (χ2n) is 2.84. The third kappa shape index (κ3) is 3.76. The topological polar surface area (TPSA) is 43.1 Å². The van der Waals surface area contributed by atoms with Gasteiger partial charge in [0.25, 0.3) is 5.69 Å². The largest absolute Gasteiger partial charge is 0.277 e. The number of halogens is 2. The minimum Gasteiger partial charge on any atom is -0.258 e.